The van der Waals surface area contributed by atoms with Crippen molar-refractivity contribution in [1.82, 2.24) is 0 Å². The zero-order chi connectivity index (χ0) is 14.1. The predicted octanol–water partition coefficient (Wildman–Crippen LogP) is 5.58. The summed E-state index contributed by atoms with van der Waals surface area (Å²) in [6.45, 7) is 14.5. The molecule has 0 aliphatic carbocycles. The molecule has 100 valence electrons. The second-order valence-electron chi connectivity index (χ2n) is 5.89. The summed E-state index contributed by atoms with van der Waals surface area (Å²) >= 11 is 3.17. The maximum atomic E-state index is 14.0. The third-order valence-corrected chi connectivity index (χ3v) is 8.42. The van der Waals surface area contributed by atoms with E-state index in [0.717, 1.165) is 0 Å². The summed E-state index contributed by atoms with van der Waals surface area (Å²) in [6.07, 6.45) is 0. The van der Waals surface area contributed by atoms with Crippen LogP contribution in [0.5, 0.6) is 0 Å². The molecule has 1 aromatic rings. The Morgan fingerprint density at radius 3 is 2.39 bits per heavy atom. The van der Waals surface area contributed by atoms with Gasteiger partial charge < -0.3 is 4.43 Å². The lowest BCUT2D eigenvalue weighted by molar-refractivity contribution is 0.454. The van der Waals surface area contributed by atoms with E-state index in [1.165, 1.54) is 0 Å². The summed E-state index contributed by atoms with van der Waals surface area (Å²) in [7, 11) is -1.97. The van der Waals surface area contributed by atoms with Crippen molar-refractivity contribution in [1.29, 1.82) is 0 Å². The Hall–Kier alpha value is -0.613. The van der Waals surface area contributed by atoms with Gasteiger partial charge in [0.05, 0.1) is 10.0 Å². The van der Waals surface area contributed by atoms with E-state index < -0.39 is 8.32 Å². The van der Waals surface area contributed by atoms with Crippen LogP contribution in [0.3, 0.4) is 0 Å². The molecular weight excluding hydrogens is 311 g/mol. The lowest BCUT2D eigenvalue weighted by Gasteiger charge is -2.37. The van der Waals surface area contributed by atoms with Gasteiger partial charge in [0.2, 0.25) is 8.32 Å². The fourth-order valence-corrected chi connectivity index (χ4v) is 2.63. The molecule has 0 aliphatic rings. The van der Waals surface area contributed by atoms with Crippen LogP contribution in [0.25, 0.3) is 5.76 Å². The molecule has 0 N–H and O–H groups in total. The van der Waals surface area contributed by atoms with Crippen LogP contribution in [0, 0.1) is 5.82 Å². The highest BCUT2D eigenvalue weighted by molar-refractivity contribution is 9.10. The van der Waals surface area contributed by atoms with Crippen molar-refractivity contribution in [3.8, 4) is 0 Å². The van der Waals surface area contributed by atoms with Gasteiger partial charge in [0.25, 0.3) is 0 Å². The number of halogens is 2. The van der Waals surface area contributed by atoms with Crippen LogP contribution in [-0.4, -0.2) is 8.32 Å². The largest absolute Gasteiger partial charge is 0.543 e. The Morgan fingerprint density at radius 2 is 1.89 bits per heavy atom. The summed E-state index contributed by atoms with van der Waals surface area (Å²) in [4.78, 5) is 0. The molecular formula is C14H20BrFOSi. The molecule has 0 amide bonds. The van der Waals surface area contributed by atoms with Crippen molar-refractivity contribution in [2.75, 3.05) is 0 Å². The smallest absolute Gasteiger partial charge is 0.250 e. The Balaban J connectivity index is 3.00. The second kappa shape index (κ2) is 5.17. The SMILES string of the molecule is C=C(O[Si](C)(C)C(C)(C)C)c1cccc(Br)c1F. The lowest BCUT2D eigenvalue weighted by Crippen LogP contribution is -2.40. The van der Waals surface area contributed by atoms with Crippen molar-refractivity contribution >= 4 is 30.0 Å². The van der Waals surface area contributed by atoms with Crippen LogP contribution < -0.4 is 0 Å². The van der Waals surface area contributed by atoms with Gasteiger partial charge in [-0.2, -0.15) is 0 Å². The molecule has 0 saturated heterocycles. The minimum absolute atomic E-state index is 0.0679. The van der Waals surface area contributed by atoms with Gasteiger partial charge in [-0.25, -0.2) is 4.39 Å². The van der Waals surface area contributed by atoms with Crippen LogP contribution in [0.1, 0.15) is 26.3 Å². The van der Waals surface area contributed by atoms with Gasteiger partial charge in [0, 0.05) is 0 Å². The van der Waals surface area contributed by atoms with E-state index in [2.05, 4.69) is 56.4 Å². The number of benzene rings is 1. The molecule has 0 radical (unpaired) electrons. The predicted molar refractivity (Wildman–Crippen MR) is 81.4 cm³/mol. The maximum absolute atomic E-state index is 14.0. The Morgan fingerprint density at radius 1 is 1.33 bits per heavy atom. The van der Waals surface area contributed by atoms with Crippen LogP contribution in [0.2, 0.25) is 18.1 Å². The summed E-state index contributed by atoms with van der Waals surface area (Å²) in [6, 6.07) is 5.14. The quantitative estimate of drug-likeness (QED) is 0.519. The fraction of sp³-hybridized carbons (Fsp3) is 0.429. The fourth-order valence-electron chi connectivity index (χ4n) is 1.24. The van der Waals surface area contributed by atoms with Crippen molar-refractivity contribution in [3.63, 3.8) is 0 Å². The molecule has 0 bridgehead atoms. The van der Waals surface area contributed by atoms with Crippen molar-refractivity contribution in [2.45, 2.75) is 38.9 Å². The third-order valence-electron chi connectivity index (χ3n) is 3.44. The van der Waals surface area contributed by atoms with Gasteiger partial charge in [-0.3, -0.25) is 0 Å². The van der Waals surface area contributed by atoms with Crippen molar-refractivity contribution in [2.24, 2.45) is 0 Å². The van der Waals surface area contributed by atoms with E-state index in [-0.39, 0.29) is 10.9 Å². The molecule has 0 heterocycles. The van der Waals surface area contributed by atoms with Gasteiger partial charge in [-0.15, -0.1) is 0 Å². The number of rotatable bonds is 3. The van der Waals surface area contributed by atoms with E-state index in [1.54, 1.807) is 18.2 Å². The van der Waals surface area contributed by atoms with Crippen molar-refractivity contribution in [3.05, 3.63) is 40.6 Å². The molecule has 0 atom stereocenters. The van der Waals surface area contributed by atoms with Crippen LogP contribution >= 0.6 is 15.9 Å². The Bertz CT molecular complexity index is 463. The second-order valence-corrected chi connectivity index (χ2v) is 11.5. The highest BCUT2D eigenvalue weighted by atomic mass is 79.9. The lowest BCUT2D eigenvalue weighted by atomic mass is 10.2. The summed E-state index contributed by atoms with van der Waals surface area (Å²) in [5.41, 5.74) is 0.425. The van der Waals surface area contributed by atoms with Crippen LogP contribution in [0.4, 0.5) is 4.39 Å². The normalized spacial score (nSPS) is 12.4. The first-order chi connectivity index (χ1) is 8.06. The van der Waals surface area contributed by atoms with Gasteiger partial charge in [0.1, 0.15) is 11.6 Å². The number of hydrogen-bond acceptors (Lipinski definition) is 1. The molecule has 1 aromatic carbocycles. The van der Waals surface area contributed by atoms with Gasteiger partial charge in [-0.1, -0.05) is 33.4 Å². The summed E-state index contributed by atoms with van der Waals surface area (Å²) < 4.78 is 20.4. The Kier molecular flexibility index (Phi) is 4.44. The molecule has 18 heavy (non-hydrogen) atoms. The zero-order valence-electron chi connectivity index (χ0n) is 11.6. The average Bonchev–Trinajstić information content (AvgIpc) is 2.19. The van der Waals surface area contributed by atoms with Gasteiger partial charge in [0.15, 0.2) is 0 Å². The van der Waals surface area contributed by atoms with E-state index in [9.17, 15) is 4.39 Å². The van der Waals surface area contributed by atoms with E-state index in [1.807, 2.05) is 0 Å². The summed E-state index contributed by atoms with van der Waals surface area (Å²) in [5.74, 6) is 0.0987. The van der Waals surface area contributed by atoms with Gasteiger partial charge in [-0.05, 0) is 46.2 Å². The molecule has 0 aliphatic heterocycles. The van der Waals surface area contributed by atoms with E-state index in [0.29, 0.717) is 15.8 Å². The average molecular weight is 331 g/mol. The first-order valence-electron chi connectivity index (χ1n) is 5.88. The highest BCUT2D eigenvalue weighted by Crippen LogP contribution is 2.39. The molecule has 0 unspecified atom stereocenters. The molecule has 1 nitrogen and oxygen atoms in total. The number of hydrogen-bond donors (Lipinski definition) is 0. The first-order valence-corrected chi connectivity index (χ1v) is 9.59. The minimum Gasteiger partial charge on any atom is -0.543 e. The zero-order valence-corrected chi connectivity index (χ0v) is 14.2. The van der Waals surface area contributed by atoms with Crippen molar-refractivity contribution < 1.29 is 8.82 Å². The standard InChI is InChI=1S/C14H20BrFOSi/c1-10(17-18(5,6)14(2,3)4)11-8-7-9-12(15)13(11)16/h7-9H,1H2,2-6H3. The van der Waals surface area contributed by atoms with Gasteiger partial charge >= 0.3 is 0 Å². The van der Waals surface area contributed by atoms with Crippen LogP contribution in [-0.2, 0) is 4.43 Å². The third kappa shape index (κ3) is 3.23. The van der Waals surface area contributed by atoms with E-state index >= 15 is 0 Å². The monoisotopic (exact) mass is 330 g/mol. The molecule has 1 rings (SSSR count). The molecule has 0 aromatic heterocycles. The topological polar surface area (TPSA) is 9.23 Å². The minimum atomic E-state index is -1.97. The highest BCUT2D eigenvalue weighted by Gasteiger charge is 2.39. The maximum Gasteiger partial charge on any atom is 0.250 e. The summed E-state index contributed by atoms with van der Waals surface area (Å²) in [5, 5.41) is 0.0679. The van der Waals surface area contributed by atoms with E-state index in [4.69, 9.17) is 4.43 Å². The van der Waals surface area contributed by atoms with Crippen LogP contribution in [0.15, 0.2) is 29.3 Å². The molecule has 0 fully saturated rings. The molecule has 4 heteroatoms. The molecule has 0 spiro atoms. The molecule has 0 saturated carbocycles. The Labute approximate surface area is 118 Å². The first kappa shape index (κ1) is 15.4.